The molecule has 1 aromatic heterocycles. The van der Waals surface area contributed by atoms with Gasteiger partial charge in [0.2, 0.25) is 5.91 Å². The molecule has 1 aliphatic rings. The molecule has 1 amide bonds. The summed E-state index contributed by atoms with van der Waals surface area (Å²) in [6, 6.07) is 11.2. The first-order valence-electron chi connectivity index (χ1n) is 8.76. The quantitative estimate of drug-likeness (QED) is 0.445. The first kappa shape index (κ1) is 18.9. The zero-order chi connectivity index (χ0) is 18.2. The predicted octanol–water partition coefficient (Wildman–Crippen LogP) is 4.56. The van der Waals surface area contributed by atoms with E-state index in [2.05, 4.69) is 15.4 Å². The van der Waals surface area contributed by atoms with Gasteiger partial charge in [0, 0.05) is 29.1 Å². The molecule has 26 heavy (non-hydrogen) atoms. The van der Waals surface area contributed by atoms with Gasteiger partial charge in [0.15, 0.2) is 5.88 Å². The maximum absolute atomic E-state index is 11.9. The average molecular weight is 392 g/mol. The highest BCUT2D eigenvalue weighted by molar-refractivity contribution is 8.00. The van der Waals surface area contributed by atoms with Gasteiger partial charge in [-0.1, -0.05) is 24.4 Å². The monoisotopic (exact) mass is 391 g/mol. The Labute approximate surface area is 162 Å². The lowest BCUT2D eigenvalue weighted by atomic mass is 10.2. The number of hydrogen-bond donors (Lipinski definition) is 1. The third-order valence-electron chi connectivity index (χ3n) is 4.09. The zero-order valence-electron chi connectivity index (χ0n) is 14.5. The summed E-state index contributed by atoms with van der Waals surface area (Å²) in [4.78, 5) is 15.1. The van der Waals surface area contributed by atoms with Crippen LogP contribution in [0, 0.1) is 0 Å². The number of benzene rings is 1. The molecule has 7 heteroatoms. The molecule has 2 heterocycles. The van der Waals surface area contributed by atoms with Crippen molar-refractivity contribution in [3.05, 3.63) is 47.2 Å². The van der Waals surface area contributed by atoms with Gasteiger partial charge in [-0.05, 0) is 43.2 Å². The number of amides is 1. The van der Waals surface area contributed by atoms with Crippen molar-refractivity contribution in [2.24, 2.45) is 5.10 Å². The number of thioether (sulfide) groups is 1. The van der Waals surface area contributed by atoms with Gasteiger partial charge < -0.3 is 9.32 Å². The van der Waals surface area contributed by atoms with E-state index in [1.54, 1.807) is 12.1 Å². The Balaban J connectivity index is 1.44. The summed E-state index contributed by atoms with van der Waals surface area (Å²) in [5.41, 5.74) is 2.52. The van der Waals surface area contributed by atoms with Crippen molar-refractivity contribution >= 4 is 41.4 Å². The van der Waals surface area contributed by atoms with Crippen LogP contribution in [0.2, 0.25) is 5.02 Å². The summed E-state index contributed by atoms with van der Waals surface area (Å²) in [6.45, 7) is 2.06. The highest BCUT2D eigenvalue weighted by Gasteiger charge is 2.12. The summed E-state index contributed by atoms with van der Waals surface area (Å²) in [6.07, 6.45) is 6.50. The number of halogens is 1. The fourth-order valence-electron chi connectivity index (χ4n) is 2.75. The molecule has 0 atom stereocenters. The largest absolute Gasteiger partial charge is 0.440 e. The zero-order valence-corrected chi connectivity index (χ0v) is 16.1. The molecule has 0 unspecified atom stereocenters. The van der Waals surface area contributed by atoms with E-state index in [1.165, 1.54) is 43.7 Å². The first-order chi connectivity index (χ1) is 12.7. The Morgan fingerprint density at radius 1 is 1.15 bits per heavy atom. The summed E-state index contributed by atoms with van der Waals surface area (Å²) >= 11 is 7.27. The van der Waals surface area contributed by atoms with Gasteiger partial charge in [0.1, 0.15) is 5.76 Å². The molecule has 1 saturated heterocycles. The third-order valence-corrected chi connectivity index (χ3v) is 5.36. The summed E-state index contributed by atoms with van der Waals surface area (Å²) in [7, 11) is 0. The van der Waals surface area contributed by atoms with Crippen LogP contribution in [0.5, 0.6) is 0 Å². The van der Waals surface area contributed by atoms with Gasteiger partial charge in [-0.15, -0.1) is 11.8 Å². The van der Waals surface area contributed by atoms with E-state index in [9.17, 15) is 4.79 Å². The minimum atomic E-state index is -0.166. The second-order valence-electron chi connectivity index (χ2n) is 6.11. The molecule has 138 valence electrons. The van der Waals surface area contributed by atoms with Crippen LogP contribution >= 0.6 is 23.4 Å². The van der Waals surface area contributed by atoms with E-state index >= 15 is 0 Å². The van der Waals surface area contributed by atoms with Crippen LogP contribution < -0.4 is 10.3 Å². The van der Waals surface area contributed by atoms with Gasteiger partial charge in [-0.25, -0.2) is 5.43 Å². The molecule has 3 rings (SSSR count). The smallest absolute Gasteiger partial charge is 0.250 e. The van der Waals surface area contributed by atoms with Crippen LogP contribution in [0.1, 0.15) is 31.4 Å². The predicted molar refractivity (Wildman–Crippen MR) is 107 cm³/mol. The fraction of sp³-hybridized carbons (Fsp3) is 0.368. The van der Waals surface area contributed by atoms with E-state index in [-0.39, 0.29) is 11.7 Å². The Morgan fingerprint density at radius 3 is 2.62 bits per heavy atom. The number of rotatable bonds is 6. The van der Waals surface area contributed by atoms with Crippen molar-refractivity contribution in [1.82, 2.24) is 5.43 Å². The minimum absolute atomic E-state index is 0.166. The van der Waals surface area contributed by atoms with Gasteiger partial charge >= 0.3 is 0 Å². The van der Waals surface area contributed by atoms with Crippen LogP contribution in [-0.4, -0.2) is 31.0 Å². The second kappa shape index (κ2) is 9.69. The topological polar surface area (TPSA) is 57.8 Å². The Hall–Kier alpha value is -1.92. The number of anilines is 1. The van der Waals surface area contributed by atoms with Crippen molar-refractivity contribution in [3.8, 4) is 0 Å². The molecule has 5 nitrogen and oxygen atoms in total. The number of carbonyl (C=O) groups is 1. The SMILES string of the molecule is O=C(CSc1ccc(Cl)cc1)N/N=C\c1ccc(N2CCCCCC2)o1. The molecule has 1 fully saturated rings. The lowest BCUT2D eigenvalue weighted by Gasteiger charge is -2.18. The number of furan rings is 1. The van der Waals surface area contributed by atoms with Gasteiger partial charge in [-0.2, -0.15) is 5.10 Å². The summed E-state index contributed by atoms with van der Waals surface area (Å²) in [5.74, 6) is 1.63. The number of nitrogens with one attached hydrogen (secondary N) is 1. The average Bonchev–Trinajstić information content (AvgIpc) is 2.94. The highest BCUT2D eigenvalue weighted by atomic mass is 35.5. The summed E-state index contributed by atoms with van der Waals surface area (Å²) < 4.78 is 5.81. The molecule has 0 bridgehead atoms. The Morgan fingerprint density at radius 2 is 1.88 bits per heavy atom. The third kappa shape index (κ3) is 5.81. The number of hydrogen-bond acceptors (Lipinski definition) is 5. The molecule has 0 saturated carbocycles. The normalized spacial score (nSPS) is 15.2. The number of carbonyl (C=O) groups excluding carboxylic acids is 1. The van der Waals surface area contributed by atoms with Crippen molar-refractivity contribution in [1.29, 1.82) is 0 Å². The van der Waals surface area contributed by atoms with Crippen molar-refractivity contribution in [3.63, 3.8) is 0 Å². The fourth-order valence-corrected chi connectivity index (χ4v) is 3.57. The second-order valence-corrected chi connectivity index (χ2v) is 7.60. The van der Waals surface area contributed by atoms with Gasteiger partial charge in [0.25, 0.3) is 0 Å². The van der Waals surface area contributed by atoms with Gasteiger partial charge in [-0.3, -0.25) is 4.79 Å². The molecule has 1 N–H and O–H groups in total. The van der Waals surface area contributed by atoms with E-state index in [0.717, 1.165) is 23.9 Å². The van der Waals surface area contributed by atoms with Crippen molar-refractivity contribution in [2.75, 3.05) is 23.7 Å². The van der Waals surface area contributed by atoms with Crippen LogP contribution in [-0.2, 0) is 4.79 Å². The first-order valence-corrected chi connectivity index (χ1v) is 10.1. The van der Waals surface area contributed by atoms with Crippen LogP contribution in [0.25, 0.3) is 0 Å². The summed E-state index contributed by atoms with van der Waals surface area (Å²) in [5, 5.41) is 4.66. The lowest BCUT2D eigenvalue weighted by Crippen LogP contribution is -2.23. The van der Waals surface area contributed by atoms with Crippen LogP contribution in [0.3, 0.4) is 0 Å². The molecule has 0 aliphatic carbocycles. The molecular formula is C19H22ClN3O2S. The van der Waals surface area contributed by atoms with Gasteiger partial charge in [0.05, 0.1) is 12.0 Å². The van der Waals surface area contributed by atoms with E-state index in [4.69, 9.17) is 16.0 Å². The Kier molecular flexibility index (Phi) is 7.03. The van der Waals surface area contributed by atoms with Crippen molar-refractivity contribution < 1.29 is 9.21 Å². The van der Waals surface area contributed by atoms with Crippen LogP contribution in [0.15, 0.2) is 50.8 Å². The van der Waals surface area contributed by atoms with Crippen molar-refractivity contribution in [2.45, 2.75) is 30.6 Å². The molecular weight excluding hydrogens is 370 g/mol. The maximum Gasteiger partial charge on any atom is 0.250 e. The Bertz CT molecular complexity index is 737. The molecule has 2 aromatic rings. The molecule has 0 radical (unpaired) electrons. The number of hydrazone groups is 1. The molecule has 1 aromatic carbocycles. The maximum atomic E-state index is 11.9. The van der Waals surface area contributed by atoms with E-state index in [1.807, 2.05) is 24.3 Å². The standard InChI is InChI=1S/C19H22ClN3O2S/c20-15-5-8-17(9-6-15)26-14-18(24)22-21-13-16-7-10-19(25-16)23-11-3-1-2-4-12-23/h5-10,13H,1-4,11-12,14H2,(H,22,24)/b21-13-. The highest BCUT2D eigenvalue weighted by Crippen LogP contribution is 2.22. The molecule has 1 aliphatic heterocycles. The van der Waals surface area contributed by atoms with Crippen LogP contribution in [0.4, 0.5) is 5.88 Å². The van der Waals surface area contributed by atoms with E-state index < -0.39 is 0 Å². The lowest BCUT2D eigenvalue weighted by molar-refractivity contribution is -0.118. The van der Waals surface area contributed by atoms with E-state index in [0.29, 0.717) is 10.8 Å². The molecule has 0 spiro atoms. The minimum Gasteiger partial charge on any atom is -0.440 e. The number of nitrogens with zero attached hydrogens (tertiary/aromatic N) is 2.